The summed E-state index contributed by atoms with van der Waals surface area (Å²) < 4.78 is 22.7. The van der Waals surface area contributed by atoms with E-state index in [4.69, 9.17) is 18.9 Å². The summed E-state index contributed by atoms with van der Waals surface area (Å²) in [5.41, 5.74) is 0. The molecule has 2 aliphatic rings. The van der Waals surface area contributed by atoms with E-state index in [1.54, 1.807) is 0 Å². The highest BCUT2D eigenvalue weighted by Gasteiger charge is 2.57. The third-order valence-corrected chi connectivity index (χ3v) is 15.7. The van der Waals surface area contributed by atoms with Crippen molar-refractivity contribution < 1.29 is 94.6 Å². The van der Waals surface area contributed by atoms with Gasteiger partial charge in [0.25, 0.3) is 5.79 Å². The summed E-state index contributed by atoms with van der Waals surface area (Å²) in [6.07, 6.45) is 11.0. The average Bonchev–Trinajstić information content (AvgIpc) is 3.49. The molecule has 0 radical (unpaired) electrons. The molecule has 79 heavy (non-hydrogen) atoms. The lowest BCUT2D eigenvalue weighted by atomic mass is 9.88. The monoisotopic (exact) mass is 1140 g/mol. The van der Waals surface area contributed by atoms with Crippen LogP contribution < -0.4 is 10.6 Å². The highest BCUT2D eigenvalue weighted by Crippen LogP contribution is 2.35. The highest BCUT2D eigenvalue weighted by atomic mass is 16.7. The van der Waals surface area contributed by atoms with E-state index in [2.05, 4.69) is 31.4 Å². The molecule has 15 atom stereocenters. The number of unbranched alkanes of at least 4 members (excludes halogenated alkanes) is 26. The van der Waals surface area contributed by atoms with E-state index in [-0.39, 0.29) is 12.8 Å². The number of carbonyl (C=O) groups is 3. The van der Waals surface area contributed by atoms with Crippen LogP contribution in [0.1, 0.15) is 226 Å². The Morgan fingerprint density at radius 1 is 0.620 bits per heavy atom. The van der Waals surface area contributed by atoms with Crippen molar-refractivity contribution in [2.75, 3.05) is 26.4 Å². The van der Waals surface area contributed by atoms with E-state index in [0.29, 0.717) is 18.8 Å². The number of carbonyl (C=O) groups excluding carboxylic acids is 2. The summed E-state index contributed by atoms with van der Waals surface area (Å²) >= 11 is 0. The molecule has 14 N–H and O–H groups in total. The normalized spacial score (nSPS) is 25.9. The second-order valence-electron chi connectivity index (χ2n) is 23.1. The van der Waals surface area contributed by atoms with Gasteiger partial charge in [-0.25, -0.2) is 4.79 Å². The first kappa shape index (κ1) is 72.9. The molecule has 2 saturated heterocycles. The quantitative estimate of drug-likeness (QED) is 0.0378. The van der Waals surface area contributed by atoms with Crippen LogP contribution >= 0.6 is 0 Å². The van der Waals surface area contributed by atoms with Gasteiger partial charge in [-0.05, 0) is 18.8 Å². The fourth-order valence-electron chi connectivity index (χ4n) is 10.5. The van der Waals surface area contributed by atoms with Crippen LogP contribution in [0, 0.1) is 5.92 Å². The van der Waals surface area contributed by atoms with Gasteiger partial charge in [-0.1, -0.05) is 207 Å². The standard InChI is InChI=1S/C58H110N2O19/c1-4-5-6-7-8-9-10-11-12-13-14-15-16-17-18-19-20-25-28-31-34-43(64)55(73)59-41(49(68)42(63)33-30-27-24-22-21-23-26-29-32-40(2)3)38-76-56-53(72)52(71)51(70)46(78-56)39-77-58(57(74)75)35-44(65)48(60-47(67)37-62)54(79-58)50(69)45(66)36-61/h40-46,48-54,56,61-66,68-72H,4-39H2,1-3H3,(H,59,73)(H,60,67)(H,74,75)/t41-,42+,43+,44-,45+,46+,48?,49-,50+,51+,52-,53+,54+,56+,58+/m0/s1. The molecule has 2 fully saturated rings. The second kappa shape index (κ2) is 42.6. The minimum absolute atomic E-state index is 0.142. The number of rotatable bonds is 48. The molecule has 0 aromatic carbocycles. The van der Waals surface area contributed by atoms with Crippen molar-refractivity contribution in [1.29, 1.82) is 0 Å². The number of carboxylic acid groups (broad SMARTS) is 1. The third kappa shape index (κ3) is 28.8. The van der Waals surface area contributed by atoms with Gasteiger partial charge < -0.3 is 90.9 Å². The molecule has 1 unspecified atom stereocenters. The van der Waals surface area contributed by atoms with Gasteiger partial charge in [-0.2, -0.15) is 0 Å². The Balaban J connectivity index is 2.01. The van der Waals surface area contributed by atoms with Crippen LogP contribution in [0.3, 0.4) is 0 Å². The molecule has 21 nitrogen and oxygen atoms in total. The molecular weight excluding hydrogens is 1030 g/mol. The number of carboxylic acids is 1. The molecule has 2 aliphatic heterocycles. The number of aliphatic carboxylic acids is 1. The summed E-state index contributed by atoms with van der Waals surface area (Å²) in [4.78, 5) is 38.3. The van der Waals surface area contributed by atoms with Gasteiger partial charge in [0.2, 0.25) is 11.8 Å². The number of aliphatic hydroxyl groups is 11. The summed E-state index contributed by atoms with van der Waals surface area (Å²) in [5.74, 6) is -5.99. The van der Waals surface area contributed by atoms with Gasteiger partial charge in [0.15, 0.2) is 6.29 Å². The van der Waals surface area contributed by atoms with E-state index in [1.165, 1.54) is 116 Å². The van der Waals surface area contributed by atoms with Crippen LogP contribution in [0.5, 0.6) is 0 Å². The SMILES string of the molecule is CCCCCCCCCCCCCCCCCCCCCC[C@@H](O)C(=O)N[C@@H](CO[C@@H]1O[C@H](CO[C@]2(C(=O)O)C[C@H](O)C(NC(=O)CO)[C@H]([C@H](O)[C@H](O)CO)O2)[C@@H](O)[C@H](O)[C@H]1O)[C@H](O)[C@H](O)CCCCCCCCCCC(C)C. The van der Waals surface area contributed by atoms with Crippen LogP contribution in [-0.4, -0.2) is 197 Å². The first-order valence-corrected chi connectivity index (χ1v) is 30.6. The van der Waals surface area contributed by atoms with E-state index in [1.807, 2.05) is 0 Å². The number of hydrogen-bond acceptors (Lipinski definition) is 18. The van der Waals surface area contributed by atoms with Crippen molar-refractivity contribution in [3.63, 3.8) is 0 Å². The molecule has 0 spiro atoms. The fourth-order valence-corrected chi connectivity index (χ4v) is 10.5. The van der Waals surface area contributed by atoms with Crippen LogP contribution in [0.2, 0.25) is 0 Å². The fraction of sp³-hybridized carbons (Fsp3) is 0.948. The van der Waals surface area contributed by atoms with Crippen molar-refractivity contribution in [2.24, 2.45) is 5.92 Å². The Kier molecular flexibility index (Phi) is 39.3. The Hall–Kier alpha value is -2.19. The van der Waals surface area contributed by atoms with Gasteiger partial charge >= 0.3 is 5.97 Å². The Bertz CT molecular complexity index is 1570. The van der Waals surface area contributed by atoms with E-state index >= 15 is 0 Å². The zero-order valence-electron chi connectivity index (χ0n) is 48.3. The van der Waals surface area contributed by atoms with Gasteiger partial charge in [0, 0.05) is 6.42 Å². The van der Waals surface area contributed by atoms with E-state index < -0.39 is 142 Å². The van der Waals surface area contributed by atoms with Crippen molar-refractivity contribution in [1.82, 2.24) is 10.6 Å². The van der Waals surface area contributed by atoms with Crippen molar-refractivity contribution in [3.8, 4) is 0 Å². The summed E-state index contributed by atoms with van der Waals surface area (Å²) in [7, 11) is 0. The van der Waals surface area contributed by atoms with Gasteiger partial charge in [0.05, 0.1) is 44.1 Å². The van der Waals surface area contributed by atoms with Crippen LogP contribution in [0.4, 0.5) is 0 Å². The molecule has 21 heteroatoms. The van der Waals surface area contributed by atoms with E-state index in [0.717, 1.165) is 57.8 Å². The zero-order chi connectivity index (χ0) is 58.6. The Morgan fingerprint density at radius 3 is 1.54 bits per heavy atom. The number of nitrogens with one attached hydrogen (secondary N) is 2. The predicted molar refractivity (Wildman–Crippen MR) is 296 cm³/mol. The minimum Gasteiger partial charge on any atom is -0.477 e. The van der Waals surface area contributed by atoms with Crippen molar-refractivity contribution in [2.45, 2.75) is 318 Å². The smallest absolute Gasteiger partial charge is 0.364 e. The lowest BCUT2D eigenvalue weighted by Crippen LogP contribution is -2.68. The lowest BCUT2D eigenvalue weighted by molar-refractivity contribution is -0.339. The van der Waals surface area contributed by atoms with E-state index in [9.17, 15) is 75.7 Å². The van der Waals surface area contributed by atoms with Gasteiger partial charge in [-0.15, -0.1) is 0 Å². The highest BCUT2D eigenvalue weighted by molar-refractivity contribution is 5.80. The molecule has 0 aliphatic carbocycles. The summed E-state index contributed by atoms with van der Waals surface area (Å²) in [5, 5.41) is 132. The maximum Gasteiger partial charge on any atom is 0.364 e. The number of ether oxygens (including phenoxy) is 4. The number of hydrogen-bond donors (Lipinski definition) is 14. The third-order valence-electron chi connectivity index (χ3n) is 15.7. The maximum atomic E-state index is 13.5. The van der Waals surface area contributed by atoms with Crippen LogP contribution in [0.15, 0.2) is 0 Å². The molecule has 0 saturated carbocycles. The average molecular weight is 1140 g/mol. The largest absolute Gasteiger partial charge is 0.477 e. The molecule has 466 valence electrons. The maximum absolute atomic E-state index is 13.5. The second-order valence-corrected chi connectivity index (χ2v) is 23.1. The summed E-state index contributed by atoms with van der Waals surface area (Å²) in [6, 6.07) is -3.03. The zero-order valence-corrected chi connectivity index (χ0v) is 48.3. The van der Waals surface area contributed by atoms with Crippen LogP contribution in [-0.2, 0) is 33.3 Å². The van der Waals surface area contributed by atoms with Crippen molar-refractivity contribution >= 4 is 17.8 Å². The predicted octanol–water partition coefficient (Wildman–Crippen LogP) is 4.29. The van der Waals surface area contributed by atoms with Gasteiger partial charge in [0.1, 0.15) is 61.5 Å². The number of amides is 2. The first-order chi connectivity index (χ1) is 37.8. The molecular formula is C58H110N2O19. The Morgan fingerprint density at radius 2 is 1.09 bits per heavy atom. The topological polar surface area (TPSA) is 355 Å². The Labute approximate surface area is 471 Å². The molecule has 0 aromatic rings. The molecule has 0 aromatic heterocycles. The molecule has 2 amide bonds. The molecule has 0 bridgehead atoms. The molecule has 2 heterocycles. The number of aliphatic hydroxyl groups excluding tert-OH is 11. The minimum atomic E-state index is -2.89. The van der Waals surface area contributed by atoms with Crippen LogP contribution in [0.25, 0.3) is 0 Å². The molecule has 2 rings (SSSR count). The summed E-state index contributed by atoms with van der Waals surface area (Å²) in [6.45, 7) is 2.94. The lowest BCUT2D eigenvalue weighted by Gasteiger charge is -2.47. The first-order valence-electron chi connectivity index (χ1n) is 30.6. The van der Waals surface area contributed by atoms with Gasteiger partial charge in [-0.3, -0.25) is 9.59 Å². The van der Waals surface area contributed by atoms with Crippen molar-refractivity contribution in [3.05, 3.63) is 0 Å².